The highest BCUT2D eigenvalue weighted by Gasteiger charge is 1.94. The molecule has 0 atom stereocenters. The first kappa shape index (κ1) is 11.6. The van der Waals surface area contributed by atoms with Crippen molar-refractivity contribution in [3.8, 4) is 17.6 Å². The lowest BCUT2D eigenvalue weighted by atomic mass is 10.2. The van der Waals surface area contributed by atoms with Crippen molar-refractivity contribution in [3.63, 3.8) is 0 Å². The molecule has 80 valence electrons. The van der Waals surface area contributed by atoms with E-state index in [2.05, 4.69) is 11.8 Å². The van der Waals surface area contributed by atoms with Crippen LogP contribution >= 0.6 is 0 Å². The molecule has 1 aromatic carbocycles. The van der Waals surface area contributed by atoms with Gasteiger partial charge in [0.05, 0.1) is 6.61 Å². The van der Waals surface area contributed by atoms with Gasteiger partial charge >= 0.3 is 0 Å². The number of methoxy groups -OCH3 is 1. The van der Waals surface area contributed by atoms with Crippen molar-refractivity contribution in [3.05, 3.63) is 29.8 Å². The largest absolute Gasteiger partial charge is 0.491 e. The number of aliphatic hydroxyl groups is 1. The van der Waals surface area contributed by atoms with Crippen molar-refractivity contribution in [2.75, 3.05) is 26.9 Å². The predicted molar refractivity (Wildman–Crippen MR) is 57.8 cm³/mol. The third kappa shape index (κ3) is 4.50. The summed E-state index contributed by atoms with van der Waals surface area (Å²) in [6.07, 6.45) is 0. The van der Waals surface area contributed by atoms with Crippen molar-refractivity contribution in [1.29, 1.82) is 0 Å². The molecule has 0 bridgehead atoms. The first-order valence-corrected chi connectivity index (χ1v) is 4.68. The van der Waals surface area contributed by atoms with Gasteiger partial charge in [0.15, 0.2) is 0 Å². The molecule has 15 heavy (non-hydrogen) atoms. The van der Waals surface area contributed by atoms with Crippen molar-refractivity contribution >= 4 is 0 Å². The molecule has 0 fully saturated rings. The molecule has 0 aliphatic heterocycles. The lowest BCUT2D eigenvalue weighted by molar-refractivity contribution is 0.146. The summed E-state index contributed by atoms with van der Waals surface area (Å²) in [7, 11) is 1.63. The summed E-state index contributed by atoms with van der Waals surface area (Å²) in [6, 6.07) is 7.42. The minimum Gasteiger partial charge on any atom is -0.491 e. The van der Waals surface area contributed by atoms with Gasteiger partial charge in [-0.05, 0) is 18.2 Å². The van der Waals surface area contributed by atoms with E-state index in [4.69, 9.17) is 14.6 Å². The van der Waals surface area contributed by atoms with Crippen molar-refractivity contribution in [2.45, 2.75) is 0 Å². The van der Waals surface area contributed by atoms with Crippen molar-refractivity contribution < 1.29 is 14.6 Å². The SMILES string of the molecule is COCCOc1cccc(C#CCO)c1. The van der Waals surface area contributed by atoms with Gasteiger partial charge < -0.3 is 14.6 Å². The maximum absolute atomic E-state index is 8.55. The number of aliphatic hydroxyl groups excluding tert-OH is 1. The summed E-state index contributed by atoms with van der Waals surface area (Å²) in [5, 5.41) is 8.55. The van der Waals surface area contributed by atoms with Gasteiger partial charge in [-0.3, -0.25) is 0 Å². The van der Waals surface area contributed by atoms with E-state index in [9.17, 15) is 0 Å². The highest BCUT2D eigenvalue weighted by molar-refractivity contribution is 5.39. The third-order valence-electron chi connectivity index (χ3n) is 1.70. The van der Waals surface area contributed by atoms with Gasteiger partial charge in [0.2, 0.25) is 0 Å². The average Bonchev–Trinajstić information content (AvgIpc) is 2.27. The molecule has 1 rings (SSSR count). The van der Waals surface area contributed by atoms with E-state index >= 15 is 0 Å². The van der Waals surface area contributed by atoms with Gasteiger partial charge in [-0.1, -0.05) is 17.9 Å². The lowest BCUT2D eigenvalue weighted by Crippen LogP contribution is -2.04. The molecular formula is C12H14O3. The second-order valence-electron chi connectivity index (χ2n) is 2.83. The van der Waals surface area contributed by atoms with Crippen LogP contribution in [0.15, 0.2) is 24.3 Å². The van der Waals surface area contributed by atoms with Gasteiger partial charge in [-0.25, -0.2) is 0 Å². The summed E-state index contributed by atoms with van der Waals surface area (Å²) in [6.45, 7) is 0.953. The molecule has 1 aromatic rings. The summed E-state index contributed by atoms with van der Waals surface area (Å²) in [5.41, 5.74) is 0.832. The third-order valence-corrected chi connectivity index (χ3v) is 1.70. The van der Waals surface area contributed by atoms with Crippen LogP contribution in [0.2, 0.25) is 0 Å². The zero-order valence-corrected chi connectivity index (χ0v) is 8.69. The first-order chi connectivity index (χ1) is 7.36. The van der Waals surface area contributed by atoms with E-state index in [1.165, 1.54) is 0 Å². The minimum atomic E-state index is -0.130. The van der Waals surface area contributed by atoms with Crippen LogP contribution in [0.4, 0.5) is 0 Å². The number of hydrogen-bond acceptors (Lipinski definition) is 3. The fourth-order valence-electron chi connectivity index (χ4n) is 1.05. The highest BCUT2D eigenvalue weighted by atomic mass is 16.5. The Bertz CT molecular complexity index is 349. The van der Waals surface area contributed by atoms with Gasteiger partial charge in [0.1, 0.15) is 19.0 Å². The normalized spacial score (nSPS) is 9.20. The first-order valence-electron chi connectivity index (χ1n) is 4.68. The quantitative estimate of drug-likeness (QED) is 0.591. The van der Waals surface area contributed by atoms with Crippen LogP contribution in [0, 0.1) is 11.8 Å². The zero-order valence-electron chi connectivity index (χ0n) is 8.69. The smallest absolute Gasteiger partial charge is 0.120 e. The van der Waals surface area contributed by atoms with Gasteiger partial charge in [-0.2, -0.15) is 0 Å². The van der Waals surface area contributed by atoms with E-state index in [0.29, 0.717) is 13.2 Å². The molecule has 3 nitrogen and oxygen atoms in total. The number of hydrogen-bond donors (Lipinski definition) is 1. The lowest BCUT2D eigenvalue weighted by Gasteiger charge is -2.04. The monoisotopic (exact) mass is 206 g/mol. The van der Waals surface area contributed by atoms with Gasteiger partial charge in [-0.15, -0.1) is 0 Å². The molecule has 0 unspecified atom stereocenters. The van der Waals surface area contributed by atoms with E-state index in [1.54, 1.807) is 7.11 Å². The number of rotatable bonds is 4. The maximum atomic E-state index is 8.55. The van der Waals surface area contributed by atoms with E-state index in [0.717, 1.165) is 11.3 Å². The molecule has 0 radical (unpaired) electrons. The van der Waals surface area contributed by atoms with E-state index in [-0.39, 0.29) is 6.61 Å². The van der Waals surface area contributed by atoms with Gasteiger partial charge in [0.25, 0.3) is 0 Å². The molecule has 0 amide bonds. The van der Waals surface area contributed by atoms with Crippen molar-refractivity contribution in [2.24, 2.45) is 0 Å². The van der Waals surface area contributed by atoms with Crippen molar-refractivity contribution in [1.82, 2.24) is 0 Å². The Kier molecular flexibility index (Phi) is 5.31. The second-order valence-corrected chi connectivity index (χ2v) is 2.83. The molecule has 0 heterocycles. The highest BCUT2D eigenvalue weighted by Crippen LogP contribution is 2.12. The Morgan fingerprint density at radius 3 is 2.93 bits per heavy atom. The Labute approximate surface area is 89.6 Å². The van der Waals surface area contributed by atoms with Crippen LogP contribution in [0.5, 0.6) is 5.75 Å². The fraction of sp³-hybridized carbons (Fsp3) is 0.333. The van der Waals surface area contributed by atoms with Crippen LogP contribution in [0.25, 0.3) is 0 Å². The molecule has 0 aliphatic carbocycles. The molecule has 3 heteroatoms. The second kappa shape index (κ2) is 6.88. The minimum absolute atomic E-state index is 0.130. The van der Waals surface area contributed by atoms with Crippen LogP contribution in [0.3, 0.4) is 0 Å². The summed E-state index contributed by atoms with van der Waals surface area (Å²) in [4.78, 5) is 0. The molecule has 0 saturated heterocycles. The van der Waals surface area contributed by atoms with E-state index in [1.807, 2.05) is 24.3 Å². The summed E-state index contributed by atoms with van der Waals surface area (Å²) >= 11 is 0. The maximum Gasteiger partial charge on any atom is 0.120 e. The fourth-order valence-corrected chi connectivity index (χ4v) is 1.05. The van der Waals surface area contributed by atoms with Crippen LogP contribution in [0.1, 0.15) is 5.56 Å². The Hall–Kier alpha value is -1.50. The average molecular weight is 206 g/mol. The standard InChI is InChI=1S/C12H14O3/c1-14-8-9-15-12-6-2-4-11(10-12)5-3-7-13/h2,4,6,10,13H,7-9H2,1H3. The predicted octanol–water partition coefficient (Wildman–Crippen LogP) is 1.06. The summed E-state index contributed by atoms with van der Waals surface area (Å²) < 4.78 is 10.3. The van der Waals surface area contributed by atoms with Gasteiger partial charge in [0, 0.05) is 12.7 Å². The Morgan fingerprint density at radius 2 is 2.20 bits per heavy atom. The topological polar surface area (TPSA) is 38.7 Å². The molecule has 1 N–H and O–H groups in total. The van der Waals surface area contributed by atoms with Crippen LogP contribution in [-0.2, 0) is 4.74 Å². The number of ether oxygens (including phenoxy) is 2. The zero-order chi connectivity index (χ0) is 10.9. The molecular weight excluding hydrogens is 192 g/mol. The van der Waals surface area contributed by atoms with Crippen LogP contribution < -0.4 is 4.74 Å². The summed E-state index contributed by atoms with van der Waals surface area (Å²) in [5.74, 6) is 6.16. The molecule has 0 spiro atoms. The van der Waals surface area contributed by atoms with Crippen LogP contribution in [-0.4, -0.2) is 32.0 Å². The number of benzene rings is 1. The Morgan fingerprint density at radius 1 is 1.33 bits per heavy atom. The molecule has 0 aliphatic rings. The Balaban J connectivity index is 2.57. The molecule has 0 saturated carbocycles. The molecule has 0 aromatic heterocycles. The van der Waals surface area contributed by atoms with E-state index < -0.39 is 0 Å².